The van der Waals surface area contributed by atoms with E-state index in [9.17, 15) is 0 Å². The van der Waals surface area contributed by atoms with Gasteiger partial charge in [-0.25, -0.2) is 0 Å². The molecule has 1 aromatic rings. The lowest BCUT2D eigenvalue weighted by molar-refractivity contribution is 0.116. The van der Waals surface area contributed by atoms with Crippen LogP contribution in [0.2, 0.25) is 0 Å². The van der Waals surface area contributed by atoms with Crippen molar-refractivity contribution in [2.45, 2.75) is 20.0 Å². The zero-order valence-electron chi connectivity index (χ0n) is 8.99. The van der Waals surface area contributed by atoms with Crippen LogP contribution in [0, 0.1) is 0 Å². The van der Waals surface area contributed by atoms with E-state index in [1.807, 2.05) is 6.08 Å². The Morgan fingerprint density at radius 2 is 2.00 bits per heavy atom. The highest BCUT2D eigenvalue weighted by Crippen LogP contribution is 1.97. The second-order valence-corrected chi connectivity index (χ2v) is 5.34. The molecule has 0 N–H and O–H groups in total. The Hall–Kier alpha value is -0.863. The molecule has 2 heteroatoms. The number of hydrogen-bond donors (Lipinski definition) is 0. The van der Waals surface area contributed by atoms with Crippen molar-refractivity contribution in [2.24, 2.45) is 0 Å². The Labute approximate surface area is 88.6 Å². The summed E-state index contributed by atoms with van der Waals surface area (Å²) in [6.45, 7) is 7.89. The van der Waals surface area contributed by atoms with Crippen molar-refractivity contribution < 1.29 is 4.74 Å². The van der Waals surface area contributed by atoms with Gasteiger partial charge in [0.15, 0.2) is 0 Å². The molecule has 76 valence electrons. The van der Waals surface area contributed by atoms with E-state index in [4.69, 9.17) is 4.74 Å². The van der Waals surface area contributed by atoms with Crippen molar-refractivity contribution >= 4 is 20.8 Å². The van der Waals surface area contributed by atoms with Crippen LogP contribution in [0.4, 0.5) is 0 Å². The van der Waals surface area contributed by atoms with Gasteiger partial charge in [-0.05, 0) is 19.4 Å². The Balaban J connectivity index is 2.40. The fourth-order valence-electron chi connectivity index (χ4n) is 1.23. The second kappa shape index (κ2) is 5.78. The van der Waals surface area contributed by atoms with E-state index >= 15 is 0 Å². The molecule has 0 heterocycles. The molecular formula is C12H18OSi. The van der Waals surface area contributed by atoms with Gasteiger partial charge in [-0.1, -0.05) is 42.1 Å². The van der Waals surface area contributed by atoms with Crippen LogP contribution in [0.3, 0.4) is 0 Å². The van der Waals surface area contributed by atoms with Gasteiger partial charge in [-0.2, -0.15) is 0 Å². The van der Waals surface area contributed by atoms with Crippen molar-refractivity contribution in [3.05, 3.63) is 36.4 Å². The fraction of sp³-hybridized carbons (Fsp3) is 0.333. The number of ether oxygens (including phenoxy) is 1. The smallest absolute Gasteiger partial charge is 0.0849 e. The molecule has 0 amide bonds. The van der Waals surface area contributed by atoms with Crippen molar-refractivity contribution in [3.63, 3.8) is 0 Å². The summed E-state index contributed by atoms with van der Waals surface area (Å²) in [6.07, 6.45) is 3.16. The van der Waals surface area contributed by atoms with E-state index in [2.05, 4.69) is 44.7 Å². The Morgan fingerprint density at radius 3 is 2.50 bits per heavy atom. The normalized spacial score (nSPS) is 11.4. The monoisotopic (exact) mass is 206 g/mol. The number of benzene rings is 1. The van der Waals surface area contributed by atoms with Crippen molar-refractivity contribution in [2.75, 3.05) is 6.23 Å². The van der Waals surface area contributed by atoms with Crippen LogP contribution in [0.25, 0.3) is 6.08 Å². The lowest BCUT2D eigenvalue weighted by atomic mass is 10.2. The van der Waals surface area contributed by atoms with Crippen molar-refractivity contribution in [1.82, 2.24) is 0 Å². The lowest BCUT2D eigenvalue weighted by Crippen LogP contribution is -2.21. The molecule has 0 fully saturated rings. The second-order valence-electron chi connectivity index (χ2n) is 3.62. The van der Waals surface area contributed by atoms with Crippen LogP contribution in [0.1, 0.15) is 19.4 Å². The van der Waals surface area contributed by atoms with Crippen LogP contribution in [0.15, 0.2) is 30.8 Å². The van der Waals surface area contributed by atoms with Gasteiger partial charge in [-0.15, -0.1) is 0 Å². The topological polar surface area (TPSA) is 9.23 Å². The zero-order valence-corrected chi connectivity index (χ0v) is 10.4. The SMILES string of the molecule is C=Cc1ccc([SiH2]COC(C)C)cc1. The van der Waals surface area contributed by atoms with Crippen molar-refractivity contribution in [3.8, 4) is 0 Å². The zero-order chi connectivity index (χ0) is 10.4. The maximum Gasteiger partial charge on any atom is 0.0849 e. The molecule has 0 unspecified atom stereocenters. The lowest BCUT2D eigenvalue weighted by Gasteiger charge is -2.06. The number of hydrogen-bond acceptors (Lipinski definition) is 1. The van der Waals surface area contributed by atoms with Crippen LogP contribution in [0.5, 0.6) is 0 Å². The molecule has 1 aromatic carbocycles. The largest absolute Gasteiger partial charge is 0.382 e. The van der Waals surface area contributed by atoms with Gasteiger partial charge >= 0.3 is 0 Å². The Morgan fingerprint density at radius 1 is 1.36 bits per heavy atom. The van der Waals surface area contributed by atoms with Gasteiger partial charge < -0.3 is 4.74 Å². The minimum atomic E-state index is -0.234. The summed E-state index contributed by atoms with van der Waals surface area (Å²) < 4.78 is 5.54. The van der Waals surface area contributed by atoms with Crippen LogP contribution in [-0.2, 0) is 4.74 Å². The molecule has 0 spiro atoms. The van der Waals surface area contributed by atoms with Gasteiger partial charge in [0.25, 0.3) is 0 Å². The van der Waals surface area contributed by atoms with Gasteiger partial charge in [0.2, 0.25) is 0 Å². The van der Waals surface area contributed by atoms with Gasteiger partial charge in [-0.3, -0.25) is 0 Å². The molecule has 0 aliphatic rings. The third kappa shape index (κ3) is 3.90. The van der Waals surface area contributed by atoms with Gasteiger partial charge in [0.05, 0.1) is 15.6 Å². The van der Waals surface area contributed by atoms with Crippen LogP contribution in [-0.4, -0.2) is 21.9 Å². The fourth-order valence-corrected chi connectivity index (χ4v) is 2.63. The average Bonchev–Trinajstić information content (AvgIpc) is 2.18. The highest BCUT2D eigenvalue weighted by atomic mass is 28.2. The molecule has 0 bridgehead atoms. The first kappa shape index (κ1) is 11.2. The molecule has 0 aliphatic carbocycles. The summed E-state index contributed by atoms with van der Waals surface area (Å²) in [7, 11) is -0.234. The third-order valence-electron chi connectivity index (χ3n) is 2.06. The predicted octanol–water partition coefficient (Wildman–Crippen LogP) is 1.51. The summed E-state index contributed by atoms with van der Waals surface area (Å²) >= 11 is 0. The first-order valence-corrected chi connectivity index (χ1v) is 6.76. The number of rotatable bonds is 5. The molecule has 0 aliphatic heterocycles. The standard InChI is InChI=1S/C12H18OSi/c1-4-11-5-7-12(8-6-11)14-9-13-10(2)3/h4-8,10H,1,9,14H2,2-3H3. The molecule has 0 atom stereocenters. The molecular weight excluding hydrogens is 188 g/mol. The molecule has 0 radical (unpaired) electrons. The summed E-state index contributed by atoms with van der Waals surface area (Å²) in [4.78, 5) is 0. The highest BCUT2D eigenvalue weighted by Gasteiger charge is 1.96. The van der Waals surface area contributed by atoms with E-state index in [1.165, 1.54) is 10.8 Å². The van der Waals surface area contributed by atoms with E-state index in [0.29, 0.717) is 6.10 Å². The molecule has 0 saturated carbocycles. The van der Waals surface area contributed by atoms with E-state index in [0.717, 1.165) is 6.23 Å². The quantitative estimate of drug-likeness (QED) is 0.664. The summed E-state index contributed by atoms with van der Waals surface area (Å²) in [5.41, 5.74) is 1.19. The maximum atomic E-state index is 5.54. The molecule has 14 heavy (non-hydrogen) atoms. The molecule has 1 nitrogen and oxygen atoms in total. The minimum absolute atomic E-state index is 0.234. The minimum Gasteiger partial charge on any atom is -0.382 e. The van der Waals surface area contributed by atoms with E-state index < -0.39 is 0 Å². The van der Waals surface area contributed by atoms with E-state index in [-0.39, 0.29) is 9.52 Å². The molecule has 0 saturated heterocycles. The average molecular weight is 206 g/mol. The van der Waals surface area contributed by atoms with Crippen LogP contribution < -0.4 is 5.19 Å². The predicted molar refractivity (Wildman–Crippen MR) is 65.8 cm³/mol. The Kier molecular flexibility index (Phi) is 4.63. The van der Waals surface area contributed by atoms with E-state index in [1.54, 1.807) is 0 Å². The van der Waals surface area contributed by atoms with Gasteiger partial charge in [0.1, 0.15) is 0 Å². The maximum absolute atomic E-state index is 5.54. The highest BCUT2D eigenvalue weighted by molar-refractivity contribution is 6.53. The summed E-state index contributed by atoms with van der Waals surface area (Å²) in [5, 5.41) is 1.45. The first-order valence-electron chi connectivity index (χ1n) is 5.05. The summed E-state index contributed by atoms with van der Waals surface area (Å²) in [5.74, 6) is 0. The van der Waals surface area contributed by atoms with Crippen molar-refractivity contribution in [1.29, 1.82) is 0 Å². The third-order valence-corrected chi connectivity index (χ3v) is 3.55. The summed E-state index contributed by atoms with van der Waals surface area (Å²) in [6, 6.07) is 8.61. The van der Waals surface area contributed by atoms with Gasteiger partial charge in [0, 0.05) is 6.23 Å². The first-order chi connectivity index (χ1) is 6.72. The Bertz CT molecular complexity index is 277. The molecule has 1 rings (SSSR count). The van der Waals surface area contributed by atoms with Crippen LogP contribution >= 0.6 is 0 Å². The molecule has 0 aromatic heterocycles.